The lowest BCUT2D eigenvalue weighted by atomic mass is 10.2. The van der Waals surface area contributed by atoms with Crippen LogP contribution in [-0.2, 0) is 6.54 Å². The third kappa shape index (κ3) is 1.94. The molecule has 0 aliphatic carbocycles. The van der Waals surface area contributed by atoms with E-state index in [-0.39, 0.29) is 5.88 Å². The van der Waals surface area contributed by atoms with Crippen LogP contribution in [0.3, 0.4) is 0 Å². The van der Waals surface area contributed by atoms with Gasteiger partial charge in [0.1, 0.15) is 0 Å². The van der Waals surface area contributed by atoms with Gasteiger partial charge < -0.3 is 5.11 Å². The number of aliphatic hydroxyl groups is 1. The molecule has 3 nitrogen and oxygen atoms in total. The molecule has 0 saturated heterocycles. The first-order valence-corrected chi connectivity index (χ1v) is 4.07. The Bertz CT molecular complexity index is 224. The average molecular weight is 175 g/mol. The standard InChI is InChI=1S/C7H11ClN2O/c1-2-10-5-6(4-9-10)7(11)3-8/h4-5,7,11H,2-3H2,1H3/t7-/m1/s1. The van der Waals surface area contributed by atoms with Crippen LogP contribution >= 0.6 is 11.6 Å². The van der Waals surface area contributed by atoms with Crippen molar-refractivity contribution in [2.24, 2.45) is 0 Å². The smallest absolute Gasteiger partial charge is 0.0955 e. The zero-order chi connectivity index (χ0) is 8.27. The van der Waals surface area contributed by atoms with Gasteiger partial charge in [-0.05, 0) is 6.92 Å². The van der Waals surface area contributed by atoms with E-state index in [4.69, 9.17) is 11.6 Å². The summed E-state index contributed by atoms with van der Waals surface area (Å²) in [6, 6.07) is 0. The molecular formula is C7H11ClN2O. The summed E-state index contributed by atoms with van der Waals surface area (Å²) < 4.78 is 1.76. The molecule has 1 N–H and O–H groups in total. The summed E-state index contributed by atoms with van der Waals surface area (Å²) in [5.41, 5.74) is 0.779. The number of halogens is 1. The number of alkyl halides is 1. The highest BCUT2D eigenvalue weighted by Crippen LogP contribution is 2.12. The Morgan fingerprint density at radius 1 is 1.82 bits per heavy atom. The molecule has 0 unspecified atom stereocenters. The molecule has 4 heteroatoms. The van der Waals surface area contributed by atoms with Gasteiger partial charge >= 0.3 is 0 Å². The van der Waals surface area contributed by atoms with Gasteiger partial charge in [-0.1, -0.05) is 0 Å². The van der Waals surface area contributed by atoms with Crippen LogP contribution in [-0.4, -0.2) is 20.8 Å². The zero-order valence-corrected chi connectivity index (χ0v) is 7.12. The average Bonchev–Trinajstić information content (AvgIpc) is 2.50. The molecule has 62 valence electrons. The SMILES string of the molecule is CCn1cc([C@H](O)CCl)cn1. The summed E-state index contributed by atoms with van der Waals surface area (Å²) in [4.78, 5) is 0. The van der Waals surface area contributed by atoms with Crippen LogP contribution in [0.5, 0.6) is 0 Å². The molecule has 0 aromatic carbocycles. The van der Waals surface area contributed by atoms with Crippen molar-refractivity contribution in [1.82, 2.24) is 9.78 Å². The number of hydrogen-bond acceptors (Lipinski definition) is 2. The van der Waals surface area contributed by atoms with E-state index in [2.05, 4.69) is 5.10 Å². The lowest BCUT2D eigenvalue weighted by Crippen LogP contribution is -1.97. The number of nitrogens with zero attached hydrogens (tertiary/aromatic N) is 2. The quantitative estimate of drug-likeness (QED) is 0.699. The number of aromatic nitrogens is 2. The van der Waals surface area contributed by atoms with Gasteiger partial charge in [0.2, 0.25) is 0 Å². The second-order valence-electron chi connectivity index (χ2n) is 2.30. The largest absolute Gasteiger partial charge is 0.387 e. The fraction of sp³-hybridized carbons (Fsp3) is 0.571. The number of rotatable bonds is 3. The van der Waals surface area contributed by atoms with E-state index < -0.39 is 6.10 Å². The fourth-order valence-corrected chi connectivity index (χ4v) is 0.992. The summed E-state index contributed by atoms with van der Waals surface area (Å²) >= 11 is 5.45. The molecule has 0 radical (unpaired) electrons. The van der Waals surface area contributed by atoms with Crippen LogP contribution in [0.1, 0.15) is 18.6 Å². The Kier molecular flexibility index (Phi) is 2.91. The molecule has 0 spiro atoms. The Morgan fingerprint density at radius 3 is 3.00 bits per heavy atom. The highest BCUT2D eigenvalue weighted by Gasteiger charge is 2.06. The maximum Gasteiger partial charge on any atom is 0.0955 e. The molecule has 1 aromatic rings. The van der Waals surface area contributed by atoms with Crippen LogP contribution in [0.2, 0.25) is 0 Å². The maximum atomic E-state index is 9.25. The molecule has 1 rings (SSSR count). The molecule has 1 heterocycles. The molecule has 1 aromatic heterocycles. The van der Waals surface area contributed by atoms with Crippen LogP contribution in [0, 0.1) is 0 Å². The monoisotopic (exact) mass is 174 g/mol. The Balaban J connectivity index is 2.71. The van der Waals surface area contributed by atoms with Gasteiger partial charge in [0.15, 0.2) is 0 Å². The van der Waals surface area contributed by atoms with Crippen molar-refractivity contribution in [2.75, 3.05) is 5.88 Å². The first kappa shape index (κ1) is 8.56. The van der Waals surface area contributed by atoms with Crippen LogP contribution in [0.25, 0.3) is 0 Å². The highest BCUT2D eigenvalue weighted by atomic mass is 35.5. The molecule has 0 bridgehead atoms. The molecule has 0 fully saturated rings. The zero-order valence-electron chi connectivity index (χ0n) is 6.37. The van der Waals surface area contributed by atoms with Crippen molar-refractivity contribution in [3.8, 4) is 0 Å². The van der Waals surface area contributed by atoms with Gasteiger partial charge in [0, 0.05) is 18.3 Å². The van der Waals surface area contributed by atoms with E-state index in [0.717, 1.165) is 12.1 Å². The van der Waals surface area contributed by atoms with Crippen molar-refractivity contribution in [1.29, 1.82) is 0 Å². The fourth-order valence-electron chi connectivity index (χ4n) is 0.814. The predicted octanol–water partition coefficient (Wildman–Crippen LogP) is 1.18. The minimum Gasteiger partial charge on any atom is -0.387 e. The summed E-state index contributed by atoms with van der Waals surface area (Å²) in [6.07, 6.45) is 2.85. The third-order valence-corrected chi connectivity index (χ3v) is 1.80. The topological polar surface area (TPSA) is 38.0 Å². The number of aryl methyl sites for hydroxylation is 1. The van der Waals surface area contributed by atoms with Gasteiger partial charge in [-0.25, -0.2) is 0 Å². The molecule has 1 atom stereocenters. The molecule has 0 aliphatic rings. The highest BCUT2D eigenvalue weighted by molar-refractivity contribution is 6.18. The maximum absolute atomic E-state index is 9.25. The van der Waals surface area contributed by atoms with Gasteiger partial charge in [-0.15, -0.1) is 11.6 Å². The first-order chi connectivity index (χ1) is 5.27. The Hall–Kier alpha value is -0.540. The van der Waals surface area contributed by atoms with E-state index in [9.17, 15) is 5.11 Å². The van der Waals surface area contributed by atoms with Crippen molar-refractivity contribution in [3.63, 3.8) is 0 Å². The van der Waals surface area contributed by atoms with Gasteiger partial charge in [-0.2, -0.15) is 5.10 Å². The van der Waals surface area contributed by atoms with Crippen LogP contribution in [0.4, 0.5) is 0 Å². The summed E-state index contributed by atoms with van der Waals surface area (Å²) in [5.74, 6) is 0.218. The van der Waals surface area contributed by atoms with E-state index in [1.54, 1.807) is 17.1 Å². The van der Waals surface area contributed by atoms with E-state index >= 15 is 0 Å². The minimum atomic E-state index is -0.586. The van der Waals surface area contributed by atoms with Crippen molar-refractivity contribution in [2.45, 2.75) is 19.6 Å². The van der Waals surface area contributed by atoms with Crippen molar-refractivity contribution < 1.29 is 5.11 Å². The molecule has 0 saturated carbocycles. The Labute approximate surface area is 70.6 Å². The lowest BCUT2D eigenvalue weighted by molar-refractivity contribution is 0.202. The normalized spacial score (nSPS) is 13.4. The van der Waals surface area contributed by atoms with Gasteiger partial charge in [-0.3, -0.25) is 4.68 Å². The molecular weight excluding hydrogens is 164 g/mol. The minimum absolute atomic E-state index is 0.218. The number of aliphatic hydroxyl groups excluding tert-OH is 1. The van der Waals surface area contributed by atoms with Gasteiger partial charge in [0.05, 0.1) is 18.2 Å². The van der Waals surface area contributed by atoms with Crippen molar-refractivity contribution >= 4 is 11.6 Å². The van der Waals surface area contributed by atoms with E-state index in [1.165, 1.54) is 0 Å². The van der Waals surface area contributed by atoms with Crippen LogP contribution in [0.15, 0.2) is 12.4 Å². The second-order valence-corrected chi connectivity index (χ2v) is 2.61. The first-order valence-electron chi connectivity index (χ1n) is 3.54. The molecule has 0 aliphatic heterocycles. The van der Waals surface area contributed by atoms with E-state index in [0.29, 0.717) is 0 Å². The third-order valence-electron chi connectivity index (χ3n) is 1.51. The summed E-state index contributed by atoms with van der Waals surface area (Å²) in [6.45, 7) is 2.80. The summed E-state index contributed by atoms with van der Waals surface area (Å²) in [7, 11) is 0. The molecule has 0 amide bonds. The second kappa shape index (κ2) is 3.74. The Morgan fingerprint density at radius 2 is 2.55 bits per heavy atom. The number of hydrogen-bond donors (Lipinski definition) is 1. The molecule has 11 heavy (non-hydrogen) atoms. The predicted molar refractivity (Wildman–Crippen MR) is 43.6 cm³/mol. The van der Waals surface area contributed by atoms with E-state index in [1.807, 2.05) is 6.92 Å². The van der Waals surface area contributed by atoms with Gasteiger partial charge in [0.25, 0.3) is 0 Å². The summed E-state index contributed by atoms with van der Waals surface area (Å²) in [5, 5.41) is 13.3. The van der Waals surface area contributed by atoms with Crippen LogP contribution < -0.4 is 0 Å². The van der Waals surface area contributed by atoms with Crippen molar-refractivity contribution in [3.05, 3.63) is 18.0 Å². The lowest BCUT2D eigenvalue weighted by Gasteiger charge is -2.00.